The van der Waals surface area contributed by atoms with E-state index < -0.39 is 5.41 Å². The molecular formula is C24H28N2O4. The van der Waals surface area contributed by atoms with Crippen LogP contribution in [0.2, 0.25) is 0 Å². The first kappa shape index (κ1) is 21.6. The summed E-state index contributed by atoms with van der Waals surface area (Å²) >= 11 is 0. The fraction of sp³-hybridized carbons (Fsp3) is 0.375. The summed E-state index contributed by atoms with van der Waals surface area (Å²) in [6, 6.07) is 13.3. The van der Waals surface area contributed by atoms with E-state index in [9.17, 15) is 9.59 Å². The van der Waals surface area contributed by atoms with E-state index in [1.807, 2.05) is 76.4 Å². The van der Waals surface area contributed by atoms with Crippen molar-refractivity contribution >= 4 is 17.4 Å². The lowest BCUT2D eigenvalue weighted by molar-refractivity contribution is -0.152. The van der Waals surface area contributed by atoms with Crippen molar-refractivity contribution < 1.29 is 19.1 Å². The molecule has 0 N–H and O–H groups in total. The molecule has 0 bridgehead atoms. The number of benzene rings is 1. The van der Waals surface area contributed by atoms with Crippen LogP contribution >= 0.6 is 0 Å². The number of hydrogen-bond acceptors (Lipinski definition) is 5. The normalized spacial score (nSPS) is 12.6. The third-order valence-electron chi connectivity index (χ3n) is 5.53. The lowest BCUT2D eigenvalue weighted by atomic mass is 9.72. The van der Waals surface area contributed by atoms with E-state index in [0.717, 1.165) is 5.56 Å². The van der Waals surface area contributed by atoms with Crippen LogP contribution in [0.3, 0.4) is 0 Å². The van der Waals surface area contributed by atoms with Gasteiger partial charge in [0.1, 0.15) is 5.69 Å². The van der Waals surface area contributed by atoms with Crippen LogP contribution in [0.4, 0.5) is 0 Å². The summed E-state index contributed by atoms with van der Waals surface area (Å²) < 4.78 is 12.5. The van der Waals surface area contributed by atoms with Crippen LogP contribution in [-0.2, 0) is 9.53 Å². The van der Waals surface area contributed by atoms with Gasteiger partial charge < -0.3 is 9.47 Å². The zero-order valence-corrected chi connectivity index (χ0v) is 18.1. The predicted molar refractivity (Wildman–Crippen MR) is 115 cm³/mol. The number of hydrogen-bond donors (Lipinski definition) is 0. The van der Waals surface area contributed by atoms with E-state index in [1.165, 1.54) is 7.11 Å². The van der Waals surface area contributed by atoms with Crippen molar-refractivity contribution in [1.29, 1.82) is 0 Å². The van der Waals surface area contributed by atoms with Crippen LogP contribution in [0.25, 0.3) is 5.65 Å². The average Bonchev–Trinajstić information content (AvgIpc) is 3.08. The molecule has 1 aromatic carbocycles. The maximum Gasteiger partial charge on any atom is 0.311 e. The fourth-order valence-electron chi connectivity index (χ4n) is 3.92. The van der Waals surface area contributed by atoms with Gasteiger partial charge in [-0.25, -0.2) is 4.98 Å². The third-order valence-corrected chi connectivity index (χ3v) is 5.53. The van der Waals surface area contributed by atoms with E-state index in [4.69, 9.17) is 9.47 Å². The molecule has 0 aliphatic rings. The van der Waals surface area contributed by atoms with Gasteiger partial charge in [0.05, 0.1) is 24.8 Å². The van der Waals surface area contributed by atoms with Crippen molar-refractivity contribution in [2.75, 3.05) is 13.7 Å². The van der Waals surface area contributed by atoms with Crippen LogP contribution in [0.1, 0.15) is 54.9 Å². The first-order valence-electron chi connectivity index (χ1n) is 10.1. The number of ketones is 1. The van der Waals surface area contributed by atoms with Crippen LogP contribution in [0, 0.1) is 12.3 Å². The van der Waals surface area contributed by atoms with Gasteiger partial charge in [0.15, 0.2) is 17.2 Å². The molecule has 6 heteroatoms. The van der Waals surface area contributed by atoms with E-state index in [2.05, 4.69) is 4.98 Å². The number of aromatic nitrogens is 2. The highest BCUT2D eigenvalue weighted by molar-refractivity contribution is 5.97. The second-order valence-electron chi connectivity index (χ2n) is 7.85. The lowest BCUT2D eigenvalue weighted by Crippen LogP contribution is -2.34. The van der Waals surface area contributed by atoms with Gasteiger partial charge in [-0.2, -0.15) is 0 Å². The second kappa shape index (κ2) is 8.69. The van der Waals surface area contributed by atoms with E-state index in [0.29, 0.717) is 29.4 Å². The maximum absolute atomic E-state index is 13.5. The molecule has 0 unspecified atom stereocenters. The lowest BCUT2D eigenvalue weighted by Gasteiger charge is -2.31. The van der Waals surface area contributed by atoms with Gasteiger partial charge in [0.2, 0.25) is 0 Å². The molecule has 0 aliphatic heterocycles. The number of methoxy groups -OCH3 is 1. The number of nitrogens with zero attached hydrogens (tertiary/aromatic N) is 2. The van der Waals surface area contributed by atoms with Gasteiger partial charge in [-0.05, 0) is 45.4 Å². The molecular weight excluding hydrogens is 380 g/mol. The highest BCUT2D eigenvalue weighted by Crippen LogP contribution is 2.40. The van der Waals surface area contributed by atoms with Gasteiger partial charge >= 0.3 is 5.97 Å². The first-order chi connectivity index (χ1) is 14.3. The average molecular weight is 408 g/mol. The molecule has 0 radical (unpaired) electrons. The molecule has 30 heavy (non-hydrogen) atoms. The van der Waals surface area contributed by atoms with Crippen LogP contribution in [-0.4, -0.2) is 34.9 Å². The largest absolute Gasteiger partial charge is 0.490 e. The number of imidazole rings is 1. The van der Waals surface area contributed by atoms with E-state index in [-0.39, 0.29) is 24.1 Å². The number of rotatable bonds is 8. The Kier molecular flexibility index (Phi) is 6.25. The molecule has 1 atom stereocenters. The molecule has 0 fully saturated rings. The van der Waals surface area contributed by atoms with Crippen molar-refractivity contribution in [3.05, 3.63) is 65.6 Å². The van der Waals surface area contributed by atoms with Crippen molar-refractivity contribution in [2.24, 2.45) is 5.41 Å². The van der Waals surface area contributed by atoms with Crippen molar-refractivity contribution in [3.63, 3.8) is 0 Å². The molecule has 0 amide bonds. The highest BCUT2D eigenvalue weighted by atomic mass is 16.5. The predicted octanol–water partition coefficient (Wildman–Crippen LogP) is 4.60. The standard InChI is InChI=1S/C24H28N2O4/c1-6-30-20-13-10-14-26-21(16(2)25-22(20)26)19(27)15-18(17-11-8-7-9-12-17)24(3,4)23(28)29-5/h7-14,18H,6,15H2,1-5H3/t18-/m1/s1. The van der Waals surface area contributed by atoms with Crippen LogP contribution < -0.4 is 4.74 Å². The molecule has 0 aliphatic carbocycles. The number of fused-ring (bicyclic) bond motifs is 1. The quantitative estimate of drug-likeness (QED) is 0.402. The SMILES string of the molecule is CCOc1cccn2c(C(=O)C[C@H](c3ccccc3)C(C)(C)C(=O)OC)c(C)nc12. The van der Waals surface area contributed by atoms with Gasteiger partial charge in [-0.15, -0.1) is 0 Å². The number of aryl methyl sites for hydroxylation is 1. The van der Waals surface area contributed by atoms with Gasteiger partial charge in [0, 0.05) is 18.5 Å². The molecule has 3 rings (SSSR count). The van der Waals surface area contributed by atoms with Gasteiger partial charge in [-0.3, -0.25) is 14.0 Å². The summed E-state index contributed by atoms with van der Waals surface area (Å²) in [5, 5.41) is 0. The summed E-state index contributed by atoms with van der Waals surface area (Å²) in [7, 11) is 1.37. The molecule has 0 spiro atoms. The Hall–Kier alpha value is -3.15. The zero-order chi connectivity index (χ0) is 21.9. The highest BCUT2D eigenvalue weighted by Gasteiger charge is 2.40. The maximum atomic E-state index is 13.5. The number of ether oxygens (including phenoxy) is 2. The van der Waals surface area contributed by atoms with Gasteiger partial charge in [-0.1, -0.05) is 30.3 Å². The Morgan fingerprint density at radius 1 is 1.13 bits per heavy atom. The minimum atomic E-state index is -0.878. The molecule has 0 saturated carbocycles. The van der Waals surface area contributed by atoms with E-state index in [1.54, 1.807) is 4.40 Å². The minimum absolute atomic E-state index is 0.0838. The van der Waals surface area contributed by atoms with E-state index >= 15 is 0 Å². The number of esters is 1. The Morgan fingerprint density at radius 2 is 1.83 bits per heavy atom. The molecule has 2 aromatic heterocycles. The fourth-order valence-corrected chi connectivity index (χ4v) is 3.92. The summed E-state index contributed by atoms with van der Waals surface area (Å²) in [5.41, 5.74) is 1.80. The summed E-state index contributed by atoms with van der Waals surface area (Å²) in [6.07, 6.45) is 1.97. The topological polar surface area (TPSA) is 69.9 Å². The summed E-state index contributed by atoms with van der Waals surface area (Å²) in [6.45, 7) is 7.87. The number of Topliss-reactive ketones (excluding diaryl/α,β-unsaturated/α-hetero) is 1. The molecule has 0 saturated heterocycles. The Bertz CT molecular complexity index is 1050. The van der Waals surface area contributed by atoms with Crippen LogP contribution in [0.15, 0.2) is 48.7 Å². The Labute approximate surface area is 176 Å². The number of carbonyl (C=O) groups is 2. The van der Waals surface area contributed by atoms with Crippen molar-refractivity contribution in [1.82, 2.24) is 9.38 Å². The smallest absolute Gasteiger partial charge is 0.311 e. The second-order valence-corrected chi connectivity index (χ2v) is 7.85. The minimum Gasteiger partial charge on any atom is -0.490 e. The number of pyridine rings is 1. The molecule has 2 heterocycles. The first-order valence-corrected chi connectivity index (χ1v) is 10.1. The Morgan fingerprint density at radius 3 is 2.47 bits per heavy atom. The number of carbonyl (C=O) groups excluding carboxylic acids is 2. The van der Waals surface area contributed by atoms with Crippen LogP contribution in [0.5, 0.6) is 5.75 Å². The summed E-state index contributed by atoms with van der Waals surface area (Å²) in [4.78, 5) is 30.6. The van der Waals surface area contributed by atoms with Gasteiger partial charge in [0.25, 0.3) is 0 Å². The van der Waals surface area contributed by atoms with Crippen molar-refractivity contribution in [3.8, 4) is 5.75 Å². The monoisotopic (exact) mass is 408 g/mol. The van der Waals surface area contributed by atoms with Crippen molar-refractivity contribution in [2.45, 2.75) is 40.0 Å². The zero-order valence-electron chi connectivity index (χ0n) is 18.1. The Balaban J connectivity index is 2.04. The molecule has 6 nitrogen and oxygen atoms in total. The third kappa shape index (κ3) is 3.95. The molecule has 3 aromatic rings. The summed E-state index contributed by atoms with van der Waals surface area (Å²) in [5.74, 6) is -0.146. The molecule has 158 valence electrons.